The Hall–Kier alpha value is -2.25. The van der Waals surface area contributed by atoms with Crippen molar-refractivity contribution in [3.63, 3.8) is 0 Å². The number of hydrogen-bond donors (Lipinski definition) is 2. The van der Waals surface area contributed by atoms with E-state index in [4.69, 9.17) is 0 Å². The highest BCUT2D eigenvalue weighted by Gasteiger charge is 2.14. The van der Waals surface area contributed by atoms with Crippen LogP contribution >= 0.6 is 11.3 Å². The minimum Gasteiger partial charge on any atom is -0.325 e. The van der Waals surface area contributed by atoms with Crippen LogP contribution < -0.4 is 10.6 Å². The fourth-order valence-corrected chi connectivity index (χ4v) is 2.90. The molecule has 2 aromatic rings. The van der Waals surface area contributed by atoms with E-state index in [2.05, 4.69) is 15.6 Å². The second kappa shape index (κ2) is 7.34. The molecule has 1 aromatic carbocycles. The molecule has 0 saturated carbocycles. The molecule has 0 atom stereocenters. The van der Waals surface area contributed by atoms with Crippen LogP contribution in [0, 0.1) is 6.92 Å². The minimum absolute atomic E-state index is 0.189. The van der Waals surface area contributed by atoms with E-state index in [1.165, 1.54) is 18.3 Å². The molecule has 122 valence electrons. The standard InChI is InChI=1S/C16H20N4O2S/c1-10-5-6-12(17-11(2)21)13(7-10)19-16(22)14-9-23-15(18-14)8-20(3)4/h5-7,9H,8H2,1-4H3,(H,17,21)(H,19,22). The molecule has 2 rings (SSSR count). The summed E-state index contributed by atoms with van der Waals surface area (Å²) in [5, 5.41) is 8.15. The molecular weight excluding hydrogens is 312 g/mol. The van der Waals surface area contributed by atoms with Crippen LogP contribution in [0.15, 0.2) is 23.6 Å². The van der Waals surface area contributed by atoms with Crippen LogP contribution in [-0.2, 0) is 11.3 Å². The van der Waals surface area contributed by atoms with Gasteiger partial charge in [-0.2, -0.15) is 0 Å². The van der Waals surface area contributed by atoms with Gasteiger partial charge >= 0.3 is 0 Å². The molecule has 7 heteroatoms. The molecule has 0 fully saturated rings. The maximum absolute atomic E-state index is 12.4. The van der Waals surface area contributed by atoms with Gasteiger partial charge in [-0.1, -0.05) is 6.07 Å². The van der Waals surface area contributed by atoms with E-state index < -0.39 is 0 Å². The smallest absolute Gasteiger partial charge is 0.275 e. The van der Waals surface area contributed by atoms with Crippen molar-refractivity contribution in [2.45, 2.75) is 20.4 Å². The van der Waals surface area contributed by atoms with E-state index in [1.807, 2.05) is 38.1 Å². The number of anilines is 2. The van der Waals surface area contributed by atoms with E-state index >= 15 is 0 Å². The first kappa shape index (κ1) is 17.1. The van der Waals surface area contributed by atoms with Gasteiger partial charge in [-0.25, -0.2) is 4.98 Å². The van der Waals surface area contributed by atoms with Crippen LogP contribution in [0.25, 0.3) is 0 Å². The van der Waals surface area contributed by atoms with Crippen molar-refractivity contribution in [3.05, 3.63) is 39.8 Å². The molecule has 6 nitrogen and oxygen atoms in total. The zero-order valence-electron chi connectivity index (χ0n) is 13.6. The number of hydrogen-bond acceptors (Lipinski definition) is 5. The zero-order valence-corrected chi connectivity index (χ0v) is 14.5. The van der Waals surface area contributed by atoms with Gasteiger partial charge in [0.25, 0.3) is 5.91 Å². The predicted octanol–water partition coefficient (Wildman–Crippen LogP) is 2.72. The lowest BCUT2D eigenvalue weighted by Crippen LogP contribution is -2.16. The van der Waals surface area contributed by atoms with Crippen LogP contribution in [0.2, 0.25) is 0 Å². The van der Waals surface area contributed by atoms with E-state index in [9.17, 15) is 9.59 Å². The topological polar surface area (TPSA) is 74.3 Å². The van der Waals surface area contributed by atoms with Crippen LogP contribution in [0.5, 0.6) is 0 Å². The molecule has 23 heavy (non-hydrogen) atoms. The van der Waals surface area contributed by atoms with E-state index in [0.717, 1.165) is 10.6 Å². The number of nitrogens with one attached hydrogen (secondary N) is 2. The van der Waals surface area contributed by atoms with Crippen molar-refractivity contribution in [2.24, 2.45) is 0 Å². The third-order valence-corrected chi connectivity index (χ3v) is 3.80. The molecular formula is C16H20N4O2S. The quantitative estimate of drug-likeness (QED) is 0.883. The Bertz CT molecular complexity index is 725. The van der Waals surface area contributed by atoms with Gasteiger partial charge in [0.1, 0.15) is 10.7 Å². The molecule has 1 aromatic heterocycles. The second-order valence-electron chi connectivity index (χ2n) is 5.55. The summed E-state index contributed by atoms with van der Waals surface area (Å²) in [6, 6.07) is 5.46. The van der Waals surface area contributed by atoms with Gasteiger partial charge in [0.15, 0.2) is 0 Å². The number of nitrogens with zero attached hydrogens (tertiary/aromatic N) is 2. The molecule has 0 unspecified atom stereocenters. The van der Waals surface area contributed by atoms with Gasteiger partial charge in [0.05, 0.1) is 11.4 Å². The molecule has 0 aliphatic carbocycles. The van der Waals surface area contributed by atoms with Crippen LogP contribution in [-0.4, -0.2) is 35.8 Å². The van der Waals surface area contributed by atoms with Gasteiger partial charge in [0.2, 0.25) is 5.91 Å². The van der Waals surface area contributed by atoms with Crippen LogP contribution in [0.4, 0.5) is 11.4 Å². The number of benzene rings is 1. The normalized spacial score (nSPS) is 10.7. The van der Waals surface area contributed by atoms with E-state index in [1.54, 1.807) is 11.4 Å². The summed E-state index contributed by atoms with van der Waals surface area (Å²) in [5.41, 5.74) is 2.50. The highest BCUT2D eigenvalue weighted by Crippen LogP contribution is 2.24. The summed E-state index contributed by atoms with van der Waals surface area (Å²) in [5.74, 6) is -0.477. The average molecular weight is 332 g/mol. The third-order valence-electron chi connectivity index (χ3n) is 2.97. The van der Waals surface area contributed by atoms with Crippen molar-refractivity contribution < 1.29 is 9.59 Å². The molecule has 2 N–H and O–H groups in total. The fraction of sp³-hybridized carbons (Fsp3) is 0.312. The van der Waals surface area contributed by atoms with Gasteiger partial charge in [0, 0.05) is 18.8 Å². The lowest BCUT2D eigenvalue weighted by atomic mass is 10.2. The first-order chi connectivity index (χ1) is 10.8. The largest absolute Gasteiger partial charge is 0.325 e. The number of carbonyl (C=O) groups excluding carboxylic acids is 2. The summed E-state index contributed by atoms with van der Waals surface area (Å²) < 4.78 is 0. The number of amides is 2. The van der Waals surface area contributed by atoms with Gasteiger partial charge in [-0.15, -0.1) is 11.3 Å². The summed E-state index contributed by atoms with van der Waals surface area (Å²) in [6.07, 6.45) is 0. The number of carbonyl (C=O) groups is 2. The molecule has 0 aliphatic rings. The predicted molar refractivity (Wildman–Crippen MR) is 92.9 cm³/mol. The molecule has 0 bridgehead atoms. The van der Waals surface area contributed by atoms with Crippen LogP contribution in [0.3, 0.4) is 0 Å². The van der Waals surface area contributed by atoms with Gasteiger partial charge < -0.3 is 15.5 Å². The summed E-state index contributed by atoms with van der Waals surface area (Å²) >= 11 is 1.45. The Labute approximate surface area is 139 Å². The first-order valence-corrected chi connectivity index (χ1v) is 8.02. The molecule has 0 radical (unpaired) electrons. The lowest BCUT2D eigenvalue weighted by molar-refractivity contribution is -0.114. The Morgan fingerprint density at radius 1 is 1.22 bits per heavy atom. The lowest BCUT2D eigenvalue weighted by Gasteiger charge is -2.11. The number of aryl methyl sites for hydroxylation is 1. The van der Waals surface area contributed by atoms with Gasteiger partial charge in [-0.05, 0) is 38.7 Å². The first-order valence-electron chi connectivity index (χ1n) is 7.14. The van der Waals surface area contributed by atoms with E-state index in [0.29, 0.717) is 23.6 Å². The summed E-state index contributed by atoms with van der Waals surface area (Å²) in [6.45, 7) is 4.05. The molecule has 2 amide bonds. The Balaban J connectivity index is 2.17. The number of thiazole rings is 1. The molecule has 0 aliphatic heterocycles. The van der Waals surface area contributed by atoms with Crippen molar-refractivity contribution >= 4 is 34.5 Å². The molecule has 0 saturated heterocycles. The van der Waals surface area contributed by atoms with E-state index in [-0.39, 0.29) is 11.8 Å². The van der Waals surface area contributed by atoms with Crippen molar-refractivity contribution in [1.29, 1.82) is 0 Å². The summed E-state index contributed by atoms with van der Waals surface area (Å²) in [4.78, 5) is 30.0. The number of aromatic nitrogens is 1. The third kappa shape index (κ3) is 4.87. The minimum atomic E-state index is -0.288. The Kier molecular flexibility index (Phi) is 5.46. The SMILES string of the molecule is CC(=O)Nc1ccc(C)cc1NC(=O)c1csc(CN(C)C)n1. The van der Waals surface area contributed by atoms with Crippen molar-refractivity contribution in [3.8, 4) is 0 Å². The maximum atomic E-state index is 12.4. The number of rotatable bonds is 5. The zero-order chi connectivity index (χ0) is 17.0. The maximum Gasteiger partial charge on any atom is 0.275 e. The average Bonchev–Trinajstić information content (AvgIpc) is 2.89. The van der Waals surface area contributed by atoms with Crippen molar-refractivity contribution in [1.82, 2.24) is 9.88 Å². The van der Waals surface area contributed by atoms with Gasteiger partial charge in [-0.3, -0.25) is 9.59 Å². The highest BCUT2D eigenvalue weighted by molar-refractivity contribution is 7.09. The summed E-state index contributed by atoms with van der Waals surface area (Å²) in [7, 11) is 3.90. The Morgan fingerprint density at radius 3 is 2.61 bits per heavy atom. The highest BCUT2D eigenvalue weighted by atomic mass is 32.1. The van der Waals surface area contributed by atoms with Crippen LogP contribution in [0.1, 0.15) is 28.0 Å². The molecule has 0 spiro atoms. The Morgan fingerprint density at radius 2 is 1.96 bits per heavy atom. The fourth-order valence-electron chi connectivity index (χ4n) is 2.00. The van der Waals surface area contributed by atoms with Crippen molar-refractivity contribution in [2.75, 3.05) is 24.7 Å². The molecule has 1 heterocycles. The second-order valence-corrected chi connectivity index (χ2v) is 6.49. The monoisotopic (exact) mass is 332 g/mol.